The molecular formula is C29H27FN6O2. The summed E-state index contributed by atoms with van der Waals surface area (Å²) in [6.45, 7) is 4.75. The van der Waals surface area contributed by atoms with Gasteiger partial charge in [-0.3, -0.25) is 14.6 Å². The van der Waals surface area contributed by atoms with Crippen molar-refractivity contribution < 1.29 is 14.0 Å². The molecule has 0 aliphatic heterocycles. The molecule has 1 fully saturated rings. The Balaban J connectivity index is 1.38. The fourth-order valence-corrected chi connectivity index (χ4v) is 3.98. The van der Waals surface area contributed by atoms with Crippen molar-refractivity contribution in [2.75, 3.05) is 10.6 Å². The Morgan fingerprint density at radius 2 is 1.74 bits per heavy atom. The quantitative estimate of drug-likeness (QED) is 0.329. The molecule has 0 bridgehead atoms. The van der Waals surface area contributed by atoms with Gasteiger partial charge < -0.3 is 10.6 Å². The number of amides is 2. The number of hydrogen-bond acceptors (Lipinski definition) is 6. The summed E-state index contributed by atoms with van der Waals surface area (Å²) in [6, 6.07) is 14.1. The maximum atomic E-state index is 14.3. The highest BCUT2D eigenvalue weighted by Gasteiger charge is 2.29. The number of carbonyl (C=O) groups is 2. The van der Waals surface area contributed by atoms with Gasteiger partial charge in [0.05, 0.1) is 17.6 Å². The second kappa shape index (κ2) is 10.1. The molecule has 192 valence electrons. The van der Waals surface area contributed by atoms with Crippen LogP contribution in [0, 0.1) is 12.8 Å². The molecule has 1 aliphatic rings. The second-order valence-electron chi connectivity index (χ2n) is 9.91. The van der Waals surface area contributed by atoms with Gasteiger partial charge in [0, 0.05) is 40.7 Å². The van der Waals surface area contributed by atoms with Gasteiger partial charge in [-0.25, -0.2) is 9.37 Å². The van der Waals surface area contributed by atoms with Crippen molar-refractivity contribution in [1.82, 2.24) is 20.2 Å². The molecule has 9 heteroatoms. The summed E-state index contributed by atoms with van der Waals surface area (Å²) in [5, 5.41) is 14.3. The number of aromatic nitrogens is 4. The van der Waals surface area contributed by atoms with E-state index in [0.717, 1.165) is 35.1 Å². The highest BCUT2D eigenvalue weighted by Crippen LogP contribution is 2.31. The number of aryl methyl sites for hydroxylation is 1. The molecule has 0 atom stereocenters. The molecule has 3 heterocycles. The summed E-state index contributed by atoms with van der Waals surface area (Å²) < 4.78 is 14.3. The molecule has 0 spiro atoms. The molecule has 5 rings (SSSR count). The third-order valence-corrected chi connectivity index (χ3v) is 6.35. The summed E-state index contributed by atoms with van der Waals surface area (Å²) in [7, 11) is 0. The van der Waals surface area contributed by atoms with Gasteiger partial charge >= 0.3 is 0 Å². The monoisotopic (exact) mass is 510 g/mol. The zero-order valence-electron chi connectivity index (χ0n) is 21.3. The number of benzene rings is 1. The second-order valence-corrected chi connectivity index (χ2v) is 9.91. The van der Waals surface area contributed by atoms with Crippen LogP contribution in [0.1, 0.15) is 48.3 Å². The highest BCUT2D eigenvalue weighted by molar-refractivity contribution is 6.04. The Morgan fingerprint density at radius 1 is 0.947 bits per heavy atom. The predicted octanol–water partition coefficient (Wildman–Crippen LogP) is 5.71. The highest BCUT2D eigenvalue weighted by atomic mass is 19.1. The molecule has 3 aromatic heterocycles. The van der Waals surface area contributed by atoms with Gasteiger partial charge in [0.25, 0.3) is 5.91 Å². The molecule has 1 aromatic carbocycles. The first-order chi connectivity index (χ1) is 18.2. The van der Waals surface area contributed by atoms with Crippen LogP contribution in [0.25, 0.3) is 22.4 Å². The van der Waals surface area contributed by atoms with Gasteiger partial charge in [-0.2, -0.15) is 10.2 Å². The smallest absolute Gasteiger partial charge is 0.255 e. The lowest BCUT2D eigenvalue weighted by Gasteiger charge is -2.14. The standard InChI is InChI=1S/C29H27FN6O2/c1-17-4-7-22(34-28(38)20-9-10-31-25(13-20)29(2,3)30)15-23(17)24-12-21(16-33-36-24)19-8-11-32-26(14-19)35-27(37)18-5-6-18/h4,7-16,18H,5-6H2,1-3H3,(H,34,38)(H,32,35,37). The van der Waals surface area contributed by atoms with Crippen molar-refractivity contribution in [3.8, 4) is 22.4 Å². The summed E-state index contributed by atoms with van der Waals surface area (Å²) in [5.74, 6) is 0.204. The SMILES string of the molecule is Cc1ccc(NC(=O)c2ccnc(C(C)(C)F)c2)cc1-c1cc(-c2ccnc(NC(=O)C3CC3)c2)cnn1. The topological polar surface area (TPSA) is 110 Å². The zero-order valence-corrected chi connectivity index (χ0v) is 21.3. The molecule has 38 heavy (non-hydrogen) atoms. The van der Waals surface area contributed by atoms with Crippen LogP contribution in [0.15, 0.2) is 67.1 Å². The Bertz CT molecular complexity index is 1530. The number of pyridine rings is 2. The average molecular weight is 511 g/mol. The number of nitrogens with zero attached hydrogens (tertiary/aromatic N) is 4. The molecule has 2 N–H and O–H groups in total. The number of rotatable bonds is 7. The molecule has 0 unspecified atom stereocenters. The van der Waals surface area contributed by atoms with Crippen LogP contribution in [0.3, 0.4) is 0 Å². The minimum absolute atomic E-state index is 0.00549. The molecule has 4 aromatic rings. The Morgan fingerprint density at radius 3 is 2.50 bits per heavy atom. The fraction of sp³-hybridized carbons (Fsp3) is 0.241. The van der Waals surface area contributed by atoms with E-state index in [1.807, 2.05) is 37.3 Å². The van der Waals surface area contributed by atoms with E-state index >= 15 is 0 Å². The first-order valence-electron chi connectivity index (χ1n) is 12.4. The Hall–Kier alpha value is -4.53. The van der Waals surface area contributed by atoms with Crippen LogP contribution in [-0.2, 0) is 10.5 Å². The van der Waals surface area contributed by atoms with Gasteiger partial charge in [-0.1, -0.05) is 6.07 Å². The summed E-state index contributed by atoms with van der Waals surface area (Å²) in [6.07, 6.45) is 6.56. The van der Waals surface area contributed by atoms with Crippen molar-refractivity contribution in [2.24, 2.45) is 5.92 Å². The van der Waals surface area contributed by atoms with Gasteiger partial charge in [0.2, 0.25) is 5.91 Å². The third kappa shape index (κ3) is 5.72. The van der Waals surface area contributed by atoms with Crippen molar-refractivity contribution in [2.45, 2.75) is 39.3 Å². The van der Waals surface area contributed by atoms with Crippen molar-refractivity contribution in [1.29, 1.82) is 0 Å². The molecule has 2 amide bonds. The van der Waals surface area contributed by atoms with E-state index in [2.05, 4.69) is 30.8 Å². The van der Waals surface area contributed by atoms with E-state index in [9.17, 15) is 14.0 Å². The minimum atomic E-state index is -1.66. The van der Waals surface area contributed by atoms with Crippen molar-refractivity contribution in [3.63, 3.8) is 0 Å². The van der Waals surface area contributed by atoms with E-state index in [1.54, 1.807) is 24.5 Å². The largest absolute Gasteiger partial charge is 0.322 e. The third-order valence-electron chi connectivity index (χ3n) is 6.35. The summed E-state index contributed by atoms with van der Waals surface area (Å²) in [4.78, 5) is 33.3. The van der Waals surface area contributed by atoms with Crippen molar-refractivity contribution >= 4 is 23.3 Å². The zero-order chi connectivity index (χ0) is 26.9. The van der Waals surface area contributed by atoms with Crippen LogP contribution in [0.5, 0.6) is 0 Å². The lowest BCUT2D eigenvalue weighted by Crippen LogP contribution is -2.16. The predicted molar refractivity (Wildman–Crippen MR) is 143 cm³/mol. The average Bonchev–Trinajstić information content (AvgIpc) is 3.75. The van der Waals surface area contributed by atoms with Crippen molar-refractivity contribution in [3.05, 3.63) is 83.9 Å². The minimum Gasteiger partial charge on any atom is -0.322 e. The summed E-state index contributed by atoms with van der Waals surface area (Å²) in [5.41, 5.74) is 3.44. The Labute approximate surface area is 219 Å². The molecule has 1 saturated carbocycles. The lowest BCUT2D eigenvalue weighted by atomic mass is 10.0. The van der Waals surface area contributed by atoms with Gasteiger partial charge in [0.15, 0.2) is 0 Å². The normalized spacial score (nSPS) is 13.2. The molecule has 0 saturated heterocycles. The number of halogens is 1. The number of anilines is 2. The van der Waals surface area contributed by atoms with Crippen LogP contribution in [-0.4, -0.2) is 32.0 Å². The maximum absolute atomic E-state index is 14.3. The van der Waals surface area contributed by atoms with E-state index < -0.39 is 5.67 Å². The first kappa shape index (κ1) is 25.1. The van der Waals surface area contributed by atoms with Gasteiger partial charge in [0.1, 0.15) is 11.5 Å². The number of alkyl halides is 1. The van der Waals surface area contributed by atoms with Crippen LogP contribution in [0.4, 0.5) is 15.9 Å². The number of nitrogens with one attached hydrogen (secondary N) is 2. The maximum Gasteiger partial charge on any atom is 0.255 e. The number of hydrogen-bond donors (Lipinski definition) is 2. The molecule has 8 nitrogen and oxygen atoms in total. The van der Waals surface area contributed by atoms with Gasteiger partial charge in [-0.15, -0.1) is 0 Å². The lowest BCUT2D eigenvalue weighted by molar-refractivity contribution is -0.117. The van der Waals surface area contributed by atoms with Gasteiger partial charge in [-0.05, 0) is 87.2 Å². The van der Waals surface area contributed by atoms with Crippen LogP contribution in [0.2, 0.25) is 0 Å². The summed E-state index contributed by atoms with van der Waals surface area (Å²) >= 11 is 0. The molecular weight excluding hydrogens is 483 g/mol. The van der Waals surface area contributed by atoms with E-state index in [-0.39, 0.29) is 23.4 Å². The number of carbonyl (C=O) groups excluding carboxylic acids is 2. The van der Waals surface area contributed by atoms with E-state index in [0.29, 0.717) is 22.8 Å². The fourth-order valence-electron chi connectivity index (χ4n) is 3.98. The van der Waals surface area contributed by atoms with E-state index in [4.69, 9.17) is 0 Å². The van der Waals surface area contributed by atoms with E-state index in [1.165, 1.54) is 26.1 Å². The Kier molecular flexibility index (Phi) is 6.67. The van der Waals surface area contributed by atoms with Crippen LogP contribution < -0.4 is 10.6 Å². The molecule has 0 radical (unpaired) electrons. The molecule has 1 aliphatic carbocycles. The first-order valence-corrected chi connectivity index (χ1v) is 12.4. The van der Waals surface area contributed by atoms with Crippen LogP contribution >= 0.6 is 0 Å².